The van der Waals surface area contributed by atoms with Crippen LogP contribution in [0.3, 0.4) is 0 Å². The van der Waals surface area contributed by atoms with Crippen molar-refractivity contribution in [1.82, 2.24) is 15.1 Å². The van der Waals surface area contributed by atoms with Crippen LogP contribution >= 0.6 is 11.6 Å². The van der Waals surface area contributed by atoms with E-state index in [9.17, 15) is 4.79 Å². The number of hydrogen-bond donors (Lipinski definition) is 2. The molecule has 0 aliphatic rings. The Morgan fingerprint density at radius 2 is 2.36 bits per heavy atom. The molecule has 0 aromatic carbocycles. The number of aromatic amines is 1. The summed E-state index contributed by atoms with van der Waals surface area (Å²) in [7, 11) is 3.94. The van der Waals surface area contributed by atoms with Gasteiger partial charge in [-0.2, -0.15) is 5.10 Å². The lowest BCUT2D eigenvalue weighted by Crippen LogP contribution is -2.22. The van der Waals surface area contributed by atoms with Crippen molar-refractivity contribution in [3.8, 4) is 0 Å². The average Bonchev–Trinajstić information content (AvgIpc) is 2.12. The molecule has 0 saturated heterocycles. The maximum atomic E-state index is 11.0. The van der Waals surface area contributed by atoms with Crippen LogP contribution in [0.15, 0.2) is 11.0 Å². The summed E-state index contributed by atoms with van der Waals surface area (Å²) in [6, 6.07) is 0. The Bertz CT molecular complexity index is 349. The normalized spacial score (nSPS) is 10.6. The van der Waals surface area contributed by atoms with Gasteiger partial charge in [0.25, 0.3) is 5.56 Å². The fraction of sp³-hybridized carbons (Fsp3) is 0.500. The second kappa shape index (κ2) is 4.97. The van der Waals surface area contributed by atoms with E-state index in [0.29, 0.717) is 5.69 Å². The lowest BCUT2D eigenvalue weighted by atomic mass is 10.4. The van der Waals surface area contributed by atoms with Gasteiger partial charge < -0.3 is 10.2 Å². The second-order valence-corrected chi connectivity index (χ2v) is 3.53. The molecule has 5 nitrogen and oxygen atoms in total. The van der Waals surface area contributed by atoms with E-state index in [1.807, 2.05) is 19.0 Å². The number of nitrogens with zero attached hydrogens (tertiary/aromatic N) is 2. The van der Waals surface area contributed by atoms with Crippen LogP contribution in [0.2, 0.25) is 5.02 Å². The van der Waals surface area contributed by atoms with Gasteiger partial charge in [0.1, 0.15) is 5.02 Å². The topological polar surface area (TPSA) is 61.0 Å². The molecule has 0 fully saturated rings. The minimum atomic E-state index is -0.374. The highest BCUT2D eigenvalue weighted by molar-refractivity contribution is 6.32. The molecule has 0 atom stereocenters. The first-order valence-corrected chi connectivity index (χ1v) is 4.61. The number of H-pyrrole nitrogens is 1. The molecule has 0 amide bonds. The largest absolute Gasteiger partial charge is 0.381 e. The van der Waals surface area contributed by atoms with E-state index in [2.05, 4.69) is 15.5 Å². The van der Waals surface area contributed by atoms with Crippen molar-refractivity contribution in [1.29, 1.82) is 0 Å². The van der Waals surface area contributed by atoms with Crippen LogP contribution in [-0.2, 0) is 0 Å². The van der Waals surface area contributed by atoms with Gasteiger partial charge >= 0.3 is 0 Å². The number of likely N-dealkylation sites (N-methyl/N-ethyl adjacent to an activating group) is 1. The molecule has 78 valence electrons. The number of nitrogens with one attached hydrogen (secondary N) is 2. The highest BCUT2D eigenvalue weighted by Gasteiger charge is 2.03. The number of hydrogen-bond acceptors (Lipinski definition) is 4. The second-order valence-electron chi connectivity index (χ2n) is 3.16. The van der Waals surface area contributed by atoms with E-state index in [-0.39, 0.29) is 10.6 Å². The quantitative estimate of drug-likeness (QED) is 0.765. The average molecular weight is 217 g/mol. The summed E-state index contributed by atoms with van der Waals surface area (Å²) < 4.78 is 0. The van der Waals surface area contributed by atoms with Gasteiger partial charge in [-0.05, 0) is 14.1 Å². The molecule has 1 aromatic rings. The zero-order chi connectivity index (χ0) is 10.6. The summed E-state index contributed by atoms with van der Waals surface area (Å²) >= 11 is 5.75. The van der Waals surface area contributed by atoms with Crippen molar-refractivity contribution in [3.05, 3.63) is 21.6 Å². The van der Waals surface area contributed by atoms with E-state index in [0.717, 1.165) is 13.1 Å². The van der Waals surface area contributed by atoms with Crippen molar-refractivity contribution >= 4 is 17.3 Å². The summed E-state index contributed by atoms with van der Waals surface area (Å²) in [5.41, 5.74) is 0.193. The maximum absolute atomic E-state index is 11.0. The van der Waals surface area contributed by atoms with E-state index >= 15 is 0 Å². The Balaban J connectivity index is 2.59. The van der Waals surface area contributed by atoms with Crippen molar-refractivity contribution in [2.75, 3.05) is 32.5 Å². The van der Waals surface area contributed by atoms with Gasteiger partial charge in [0, 0.05) is 13.1 Å². The van der Waals surface area contributed by atoms with Gasteiger partial charge in [-0.3, -0.25) is 4.79 Å². The monoisotopic (exact) mass is 216 g/mol. The van der Waals surface area contributed by atoms with Crippen LogP contribution in [0, 0.1) is 0 Å². The van der Waals surface area contributed by atoms with Crippen LogP contribution in [0.1, 0.15) is 0 Å². The van der Waals surface area contributed by atoms with Gasteiger partial charge in [0.05, 0.1) is 11.9 Å². The Morgan fingerprint density at radius 3 is 3.00 bits per heavy atom. The first kappa shape index (κ1) is 11.0. The third-order valence-electron chi connectivity index (χ3n) is 1.67. The molecule has 0 bridgehead atoms. The molecule has 1 heterocycles. The smallest absolute Gasteiger partial charge is 0.285 e. The third kappa shape index (κ3) is 3.01. The zero-order valence-electron chi connectivity index (χ0n) is 8.17. The summed E-state index contributed by atoms with van der Waals surface area (Å²) in [5.74, 6) is 0. The first-order valence-electron chi connectivity index (χ1n) is 4.23. The van der Waals surface area contributed by atoms with Gasteiger partial charge in [-0.1, -0.05) is 11.6 Å². The van der Waals surface area contributed by atoms with Gasteiger partial charge in [-0.25, -0.2) is 5.10 Å². The lowest BCUT2D eigenvalue weighted by molar-refractivity contribution is 0.425. The summed E-state index contributed by atoms with van der Waals surface area (Å²) in [6.07, 6.45) is 1.50. The molecule has 0 saturated carbocycles. The van der Waals surface area contributed by atoms with Crippen molar-refractivity contribution in [2.24, 2.45) is 0 Å². The Hall–Kier alpha value is -1.07. The van der Waals surface area contributed by atoms with Crippen LogP contribution in [-0.4, -0.2) is 42.3 Å². The van der Waals surface area contributed by atoms with Gasteiger partial charge in [-0.15, -0.1) is 0 Å². The van der Waals surface area contributed by atoms with Crippen molar-refractivity contribution < 1.29 is 0 Å². The summed E-state index contributed by atoms with van der Waals surface area (Å²) in [4.78, 5) is 13.1. The molecule has 2 N–H and O–H groups in total. The Labute approximate surface area is 87.1 Å². The molecule has 1 aromatic heterocycles. The van der Waals surface area contributed by atoms with Gasteiger partial charge in [0.15, 0.2) is 0 Å². The SMILES string of the molecule is CN(C)CCNc1cn[nH]c(=O)c1Cl. The molecule has 0 spiro atoms. The summed E-state index contributed by atoms with van der Waals surface area (Å²) in [5, 5.41) is 9.08. The lowest BCUT2D eigenvalue weighted by Gasteiger charge is -2.11. The number of aromatic nitrogens is 2. The minimum Gasteiger partial charge on any atom is -0.381 e. The fourth-order valence-electron chi connectivity index (χ4n) is 0.921. The molecule has 0 unspecified atom stereocenters. The van der Waals surface area contributed by atoms with E-state index in [1.54, 1.807) is 0 Å². The molecule has 6 heteroatoms. The Morgan fingerprint density at radius 1 is 1.64 bits per heavy atom. The predicted molar refractivity (Wildman–Crippen MR) is 56.9 cm³/mol. The van der Waals surface area contributed by atoms with Gasteiger partial charge in [0.2, 0.25) is 0 Å². The zero-order valence-corrected chi connectivity index (χ0v) is 8.93. The molecule has 0 aliphatic heterocycles. The molecule has 0 radical (unpaired) electrons. The Kier molecular flexibility index (Phi) is 3.91. The molecule has 14 heavy (non-hydrogen) atoms. The van der Waals surface area contributed by atoms with Crippen LogP contribution in [0.5, 0.6) is 0 Å². The highest BCUT2D eigenvalue weighted by Crippen LogP contribution is 2.13. The standard InChI is InChI=1S/C8H13ClN4O/c1-13(2)4-3-10-6-5-11-12-8(14)7(6)9/h5H,3-4H2,1-2H3,(H2,10,12,14). The van der Waals surface area contributed by atoms with E-state index < -0.39 is 0 Å². The van der Waals surface area contributed by atoms with Crippen molar-refractivity contribution in [2.45, 2.75) is 0 Å². The number of anilines is 1. The van der Waals surface area contributed by atoms with Crippen molar-refractivity contribution in [3.63, 3.8) is 0 Å². The first-order chi connectivity index (χ1) is 6.61. The molecular weight excluding hydrogens is 204 g/mol. The molecule has 0 aliphatic carbocycles. The number of halogens is 1. The third-order valence-corrected chi connectivity index (χ3v) is 2.05. The maximum Gasteiger partial charge on any atom is 0.285 e. The van der Waals surface area contributed by atoms with Crippen LogP contribution in [0.4, 0.5) is 5.69 Å². The number of rotatable bonds is 4. The van der Waals surface area contributed by atoms with Crippen LogP contribution in [0.25, 0.3) is 0 Å². The predicted octanol–water partition coefficient (Wildman–Crippen LogP) is 0.397. The fourth-order valence-corrected chi connectivity index (χ4v) is 1.08. The van der Waals surface area contributed by atoms with E-state index in [1.165, 1.54) is 6.20 Å². The highest BCUT2D eigenvalue weighted by atomic mass is 35.5. The minimum absolute atomic E-state index is 0.152. The summed E-state index contributed by atoms with van der Waals surface area (Å²) in [6.45, 7) is 1.58. The molecule has 1 rings (SSSR count). The van der Waals surface area contributed by atoms with E-state index in [4.69, 9.17) is 11.6 Å². The van der Waals surface area contributed by atoms with Crippen LogP contribution < -0.4 is 10.9 Å². The molecular formula is C8H13ClN4O.